The molecule has 1 aromatic heterocycles. The number of aliphatic hydroxyl groups excluding tert-OH is 1. The zero-order valence-electron chi connectivity index (χ0n) is 13.8. The number of hydrogen-bond acceptors (Lipinski definition) is 4. The largest absolute Gasteiger partial charge is 0.394 e. The Hall–Kier alpha value is -0.980. The molecule has 0 atom stereocenters. The summed E-state index contributed by atoms with van der Waals surface area (Å²) in [5.41, 5.74) is 1.20. The van der Waals surface area contributed by atoms with Crippen molar-refractivity contribution in [2.75, 3.05) is 0 Å². The summed E-state index contributed by atoms with van der Waals surface area (Å²) in [7, 11) is 0. The second-order valence-corrected chi connectivity index (χ2v) is 3.51. The first-order valence-electron chi connectivity index (χ1n) is 6.84. The van der Waals surface area contributed by atoms with Crippen molar-refractivity contribution >= 4 is 17.2 Å². The van der Waals surface area contributed by atoms with Crippen LogP contribution in [0.15, 0.2) is 11.4 Å². The van der Waals surface area contributed by atoms with Gasteiger partial charge in [0.1, 0.15) is 0 Å². The summed E-state index contributed by atoms with van der Waals surface area (Å²) in [5, 5.41) is 17.0. The van der Waals surface area contributed by atoms with Crippen molar-refractivity contribution in [3.8, 4) is 0 Å². The van der Waals surface area contributed by atoms with Crippen LogP contribution in [0.3, 0.4) is 0 Å². The molecule has 0 aliphatic carbocycles. The van der Waals surface area contributed by atoms with Gasteiger partial charge in [-0.3, -0.25) is 10.0 Å². The highest BCUT2D eigenvalue weighted by Crippen LogP contribution is 2.13. The van der Waals surface area contributed by atoms with Gasteiger partial charge in [0.25, 0.3) is 5.91 Å². The first kappa shape index (κ1) is 27.4. The van der Waals surface area contributed by atoms with Crippen molar-refractivity contribution in [3.05, 3.63) is 22.1 Å². The summed E-state index contributed by atoms with van der Waals surface area (Å²) in [5.74, 6) is -0.821. The summed E-state index contributed by atoms with van der Waals surface area (Å²) in [6.45, 7) is 15.4. The number of halogens is 1. The van der Waals surface area contributed by atoms with Crippen molar-refractivity contribution in [1.82, 2.24) is 5.48 Å². The fourth-order valence-electron chi connectivity index (χ4n) is 0.516. The van der Waals surface area contributed by atoms with Gasteiger partial charge in [-0.05, 0) is 25.3 Å². The number of hydroxylamine groups is 1. The van der Waals surface area contributed by atoms with Crippen LogP contribution in [-0.4, -0.2) is 22.3 Å². The Morgan fingerprint density at radius 1 is 1.20 bits per heavy atom. The molecule has 3 N–H and O–H groups in total. The Morgan fingerprint density at radius 2 is 1.55 bits per heavy atom. The van der Waals surface area contributed by atoms with E-state index in [1.807, 2.05) is 41.5 Å². The number of hydrogen-bond donors (Lipinski definition) is 3. The summed E-state index contributed by atoms with van der Waals surface area (Å²) in [4.78, 5) is 10.5. The van der Waals surface area contributed by atoms with E-state index >= 15 is 0 Å². The highest BCUT2D eigenvalue weighted by atomic mass is 32.1. The minimum atomic E-state index is -0.821. The predicted molar refractivity (Wildman–Crippen MR) is 84.9 cm³/mol. The number of rotatable bonds is 1. The van der Waals surface area contributed by atoms with Gasteiger partial charge in [0.15, 0.2) is 5.13 Å². The van der Waals surface area contributed by atoms with E-state index in [2.05, 4.69) is 0 Å². The molecule has 0 bridgehead atoms. The number of thiophene rings is 1. The third-order valence-corrected chi connectivity index (χ3v) is 1.66. The second-order valence-electron chi connectivity index (χ2n) is 2.64. The molecule has 1 rings (SSSR count). The summed E-state index contributed by atoms with van der Waals surface area (Å²) < 4.78 is 12.4. The van der Waals surface area contributed by atoms with Gasteiger partial charge in [-0.25, -0.2) is 5.48 Å². The molecule has 20 heavy (non-hydrogen) atoms. The van der Waals surface area contributed by atoms with Crippen molar-refractivity contribution < 1.29 is 19.5 Å². The van der Waals surface area contributed by atoms with Crippen LogP contribution >= 0.6 is 11.3 Å². The minimum Gasteiger partial charge on any atom is -0.394 e. The standard InChI is InChI=1S/C5H4FNO2S.C3H8O.3C2H6/c6-4-3(1-2-10-4)5(8)7-9;1-3(2)4;3*1-2/h1-2,9H,(H,7,8);3-4H,1-2H3;3*1-2H3. The SMILES string of the molecule is CC.CC.CC.CC(C)O.O=C(NO)c1ccsc1F. The number of carbonyl (C=O) groups is 1. The van der Waals surface area contributed by atoms with Crippen LogP contribution in [0, 0.1) is 5.13 Å². The quantitative estimate of drug-likeness (QED) is 0.529. The molecule has 4 nitrogen and oxygen atoms in total. The van der Waals surface area contributed by atoms with Gasteiger partial charge in [0, 0.05) is 6.10 Å². The van der Waals surface area contributed by atoms with E-state index in [9.17, 15) is 9.18 Å². The maximum atomic E-state index is 12.4. The van der Waals surface area contributed by atoms with E-state index in [0.29, 0.717) is 0 Å². The molecule has 0 fully saturated rings. The zero-order valence-corrected chi connectivity index (χ0v) is 14.6. The van der Waals surface area contributed by atoms with Gasteiger partial charge < -0.3 is 5.11 Å². The highest BCUT2D eigenvalue weighted by Gasteiger charge is 2.10. The molecule has 1 amide bonds. The third kappa shape index (κ3) is 19.4. The molecule has 0 saturated heterocycles. The second kappa shape index (κ2) is 23.1. The summed E-state index contributed by atoms with van der Waals surface area (Å²) in [6, 6.07) is 1.30. The Morgan fingerprint density at radius 3 is 1.75 bits per heavy atom. The molecule has 0 aliphatic rings. The lowest BCUT2D eigenvalue weighted by Gasteiger charge is -1.91. The van der Waals surface area contributed by atoms with Crippen LogP contribution in [-0.2, 0) is 0 Å². The number of amides is 1. The number of aliphatic hydroxyl groups is 1. The fourth-order valence-corrected chi connectivity index (χ4v) is 1.13. The number of carbonyl (C=O) groups excluding carboxylic acids is 1. The monoisotopic (exact) mass is 311 g/mol. The molecule has 0 aromatic carbocycles. The molecule has 0 radical (unpaired) electrons. The molecular weight excluding hydrogens is 281 g/mol. The molecule has 6 heteroatoms. The van der Waals surface area contributed by atoms with E-state index in [1.54, 1.807) is 13.8 Å². The maximum Gasteiger partial charge on any atom is 0.278 e. The van der Waals surface area contributed by atoms with Crippen molar-refractivity contribution in [3.63, 3.8) is 0 Å². The van der Waals surface area contributed by atoms with E-state index < -0.39 is 11.0 Å². The van der Waals surface area contributed by atoms with Gasteiger partial charge in [-0.2, -0.15) is 4.39 Å². The first-order valence-corrected chi connectivity index (χ1v) is 7.72. The van der Waals surface area contributed by atoms with E-state index in [-0.39, 0.29) is 11.7 Å². The normalized spacial score (nSPS) is 7.40. The lowest BCUT2D eigenvalue weighted by atomic mass is 10.3. The Balaban J connectivity index is -0.000000108. The molecule has 0 unspecified atom stereocenters. The Kier molecular flexibility index (Phi) is 31.7. The van der Waals surface area contributed by atoms with Gasteiger partial charge in [0.05, 0.1) is 5.56 Å². The smallest absolute Gasteiger partial charge is 0.278 e. The average Bonchev–Trinajstić information content (AvgIpc) is 2.90. The number of nitrogens with one attached hydrogen (secondary N) is 1. The van der Waals surface area contributed by atoms with E-state index in [0.717, 1.165) is 11.3 Å². The highest BCUT2D eigenvalue weighted by molar-refractivity contribution is 7.08. The van der Waals surface area contributed by atoms with Crippen molar-refractivity contribution in [2.24, 2.45) is 0 Å². The van der Waals surface area contributed by atoms with Gasteiger partial charge in [-0.15, -0.1) is 11.3 Å². The van der Waals surface area contributed by atoms with E-state index in [1.165, 1.54) is 16.9 Å². The average molecular weight is 311 g/mol. The first-order chi connectivity index (χ1) is 9.49. The molecule has 122 valence electrons. The van der Waals surface area contributed by atoms with Gasteiger partial charge in [-0.1, -0.05) is 41.5 Å². The predicted octanol–water partition coefficient (Wildman–Crippen LogP) is 4.47. The van der Waals surface area contributed by atoms with Crippen molar-refractivity contribution in [2.45, 2.75) is 61.5 Å². The van der Waals surface area contributed by atoms with Crippen molar-refractivity contribution in [1.29, 1.82) is 0 Å². The topological polar surface area (TPSA) is 69.6 Å². The minimum absolute atomic E-state index is 0.132. The lowest BCUT2D eigenvalue weighted by molar-refractivity contribution is 0.0703. The molecule has 1 aromatic rings. The van der Waals surface area contributed by atoms with Crippen LogP contribution in [0.2, 0.25) is 0 Å². The Labute approximate surface area is 126 Å². The van der Waals surface area contributed by atoms with Crippen LogP contribution in [0.4, 0.5) is 4.39 Å². The summed E-state index contributed by atoms with van der Waals surface area (Å²) >= 11 is 0.809. The van der Waals surface area contributed by atoms with Crippen LogP contribution in [0.25, 0.3) is 0 Å². The molecule has 1 heterocycles. The fraction of sp³-hybridized carbons (Fsp3) is 0.643. The Bertz CT molecular complexity index is 289. The molecule has 0 spiro atoms. The molecule has 0 aliphatic heterocycles. The third-order valence-electron chi connectivity index (χ3n) is 0.964. The van der Waals surface area contributed by atoms with Crippen LogP contribution < -0.4 is 5.48 Å². The zero-order chi connectivity index (χ0) is 17.1. The molecule has 0 saturated carbocycles. The molecular formula is C14H30FNO3S. The van der Waals surface area contributed by atoms with Crippen LogP contribution in [0.1, 0.15) is 65.7 Å². The van der Waals surface area contributed by atoms with Crippen LogP contribution in [0.5, 0.6) is 0 Å². The maximum absolute atomic E-state index is 12.4. The van der Waals surface area contributed by atoms with Gasteiger partial charge >= 0.3 is 0 Å². The summed E-state index contributed by atoms with van der Waals surface area (Å²) in [6.07, 6.45) is -0.167. The lowest BCUT2D eigenvalue weighted by Crippen LogP contribution is -2.18. The van der Waals surface area contributed by atoms with Gasteiger partial charge in [0.2, 0.25) is 0 Å². The van der Waals surface area contributed by atoms with E-state index in [4.69, 9.17) is 10.3 Å².